The first-order valence-corrected chi connectivity index (χ1v) is 27.7. The van der Waals surface area contributed by atoms with Crippen molar-refractivity contribution in [1.29, 1.82) is 0 Å². The van der Waals surface area contributed by atoms with Crippen LogP contribution in [0.1, 0.15) is 252 Å². The minimum Gasteiger partial charge on any atom is -0.462 e. The van der Waals surface area contributed by atoms with E-state index in [1.165, 1.54) is 96.3 Å². The van der Waals surface area contributed by atoms with Crippen LogP contribution in [0.3, 0.4) is 0 Å². The van der Waals surface area contributed by atoms with Gasteiger partial charge in [-0.05, 0) is 70.6 Å². The fraction of sp³-hybridized carbons (Fsp3) is 0.865. The van der Waals surface area contributed by atoms with Crippen LogP contribution in [0.5, 0.6) is 0 Å². The highest BCUT2D eigenvalue weighted by atomic mass is 31.2. The summed E-state index contributed by atoms with van der Waals surface area (Å²) in [4.78, 5) is 48.2. The number of allylic oxidation sites excluding steroid dienone is 4. The van der Waals surface area contributed by atoms with Gasteiger partial charge in [0.25, 0.3) is 0 Å². The van der Waals surface area contributed by atoms with E-state index in [1.54, 1.807) is 0 Å². The van der Waals surface area contributed by atoms with E-state index in [2.05, 4.69) is 45.1 Å². The van der Waals surface area contributed by atoms with E-state index in [0.717, 1.165) is 96.3 Å². The number of ether oxygens (including phenoxy) is 3. The summed E-state index contributed by atoms with van der Waals surface area (Å²) >= 11 is 0. The van der Waals surface area contributed by atoms with Crippen molar-refractivity contribution in [2.24, 2.45) is 0 Å². The fourth-order valence-corrected chi connectivity index (χ4v) is 8.07. The Bertz CT molecular complexity index is 1180. The number of carbonyl (C=O) groups is 3. The molecular formula is C52H97O11P. The molecule has 0 radical (unpaired) electrons. The lowest BCUT2D eigenvalue weighted by atomic mass is 10.1. The summed E-state index contributed by atoms with van der Waals surface area (Å²) < 4.78 is 39.3. The maximum atomic E-state index is 12.8. The Balaban J connectivity index is 4.69. The van der Waals surface area contributed by atoms with Crippen LogP contribution in [-0.4, -0.2) is 66.5 Å². The van der Waals surface area contributed by atoms with Gasteiger partial charge in [-0.25, -0.2) is 4.57 Å². The molecule has 3 atom stereocenters. The molecule has 0 aromatic rings. The van der Waals surface area contributed by atoms with Crippen LogP contribution < -0.4 is 0 Å². The lowest BCUT2D eigenvalue weighted by Gasteiger charge is -2.21. The second-order valence-electron chi connectivity index (χ2n) is 17.7. The SMILES string of the molecule is CCCCCC/C=C\CCCCCCCC(=O)OC(CO)COP(=O)(O)OCC(COC(=O)CCCCCCCCCCC)OC(=O)CCCCCCC/C=C\CCCCCCCC. The Morgan fingerprint density at radius 1 is 0.422 bits per heavy atom. The fourth-order valence-electron chi connectivity index (χ4n) is 7.29. The summed E-state index contributed by atoms with van der Waals surface area (Å²) in [5, 5.41) is 9.76. The number of phosphoric ester groups is 1. The standard InChI is InChI=1S/C52H97O11P/c1-4-7-10-13-16-19-21-23-24-26-28-31-34-37-40-43-52(56)63-49(45-59-50(54)41-38-35-32-29-18-15-12-9-6-3)47-61-64(57,58)60-46-48(44-53)62-51(55)42-39-36-33-30-27-25-22-20-17-14-11-8-5-2/h20,22-24,48-49,53H,4-19,21,25-47H2,1-3H3,(H,57,58)/b22-20-,24-23-. The molecule has 0 aliphatic heterocycles. The number of unbranched alkanes of at least 4 members (excludes halogenated alkanes) is 28. The monoisotopic (exact) mass is 929 g/mol. The van der Waals surface area contributed by atoms with E-state index in [1.807, 2.05) is 0 Å². The van der Waals surface area contributed by atoms with Gasteiger partial charge < -0.3 is 24.2 Å². The third-order valence-corrected chi connectivity index (χ3v) is 12.3. The second-order valence-corrected chi connectivity index (χ2v) is 19.1. The first kappa shape index (κ1) is 62.0. The van der Waals surface area contributed by atoms with Crippen molar-refractivity contribution in [2.75, 3.05) is 26.4 Å². The number of aliphatic hydroxyl groups is 1. The van der Waals surface area contributed by atoms with Crippen LogP contribution in [0.2, 0.25) is 0 Å². The van der Waals surface area contributed by atoms with E-state index < -0.39 is 57.8 Å². The first-order chi connectivity index (χ1) is 31.2. The predicted octanol–water partition coefficient (Wildman–Crippen LogP) is 14.7. The smallest absolute Gasteiger partial charge is 0.462 e. The highest BCUT2D eigenvalue weighted by molar-refractivity contribution is 7.47. The Morgan fingerprint density at radius 2 is 0.719 bits per heavy atom. The van der Waals surface area contributed by atoms with Gasteiger partial charge in [-0.2, -0.15) is 0 Å². The molecule has 0 bridgehead atoms. The molecule has 12 heteroatoms. The predicted molar refractivity (Wildman–Crippen MR) is 261 cm³/mol. The van der Waals surface area contributed by atoms with Crippen molar-refractivity contribution in [1.82, 2.24) is 0 Å². The quantitative estimate of drug-likeness (QED) is 0.0197. The van der Waals surface area contributed by atoms with Gasteiger partial charge >= 0.3 is 25.7 Å². The van der Waals surface area contributed by atoms with Crippen molar-refractivity contribution in [3.05, 3.63) is 24.3 Å². The van der Waals surface area contributed by atoms with Crippen LogP contribution >= 0.6 is 7.82 Å². The molecular weight excluding hydrogens is 832 g/mol. The molecule has 2 N–H and O–H groups in total. The van der Waals surface area contributed by atoms with Crippen molar-refractivity contribution in [3.8, 4) is 0 Å². The molecule has 64 heavy (non-hydrogen) atoms. The first-order valence-electron chi connectivity index (χ1n) is 26.2. The maximum Gasteiger partial charge on any atom is 0.472 e. The minimum absolute atomic E-state index is 0.161. The van der Waals surface area contributed by atoms with E-state index in [4.69, 9.17) is 23.3 Å². The van der Waals surface area contributed by atoms with Crippen molar-refractivity contribution in [3.63, 3.8) is 0 Å². The molecule has 0 aromatic carbocycles. The number of esters is 3. The summed E-state index contributed by atoms with van der Waals surface area (Å²) in [6.07, 6.45) is 44.3. The highest BCUT2D eigenvalue weighted by Gasteiger charge is 2.28. The van der Waals surface area contributed by atoms with Crippen LogP contribution in [0.25, 0.3) is 0 Å². The topological polar surface area (TPSA) is 155 Å². The van der Waals surface area contributed by atoms with Gasteiger partial charge in [-0.15, -0.1) is 0 Å². The summed E-state index contributed by atoms with van der Waals surface area (Å²) in [7, 11) is -4.73. The van der Waals surface area contributed by atoms with Crippen molar-refractivity contribution >= 4 is 25.7 Å². The normalized spacial score (nSPS) is 13.6. The van der Waals surface area contributed by atoms with E-state index in [9.17, 15) is 28.9 Å². The van der Waals surface area contributed by atoms with Gasteiger partial charge in [-0.3, -0.25) is 23.4 Å². The molecule has 0 rings (SSSR count). The molecule has 0 amide bonds. The lowest BCUT2D eigenvalue weighted by Crippen LogP contribution is -2.30. The lowest BCUT2D eigenvalue weighted by molar-refractivity contribution is -0.161. The molecule has 0 aliphatic rings. The van der Waals surface area contributed by atoms with Gasteiger partial charge in [0.15, 0.2) is 6.10 Å². The zero-order valence-corrected chi connectivity index (χ0v) is 42.2. The van der Waals surface area contributed by atoms with Crippen LogP contribution in [0.15, 0.2) is 24.3 Å². The van der Waals surface area contributed by atoms with E-state index in [0.29, 0.717) is 19.3 Å². The maximum absolute atomic E-state index is 12.8. The number of carbonyl (C=O) groups excluding carboxylic acids is 3. The van der Waals surface area contributed by atoms with Crippen LogP contribution in [0, 0.1) is 0 Å². The zero-order chi connectivity index (χ0) is 47.0. The Labute approximate surface area is 391 Å². The Morgan fingerprint density at radius 3 is 1.09 bits per heavy atom. The third kappa shape index (κ3) is 45.1. The average molecular weight is 929 g/mol. The molecule has 0 aromatic heterocycles. The number of rotatable bonds is 49. The number of hydrogen-bond acceptors (Lipinski definition) is 10. The van der Waals surface area contributed by atoms with Crippen LogP contribution in [0.4, 0.5) is 0 Å². The summed E-state index contributed by atoms with van der Waals surface area (Å²) in [6.45, 7) is 4.59. The molecule has 0 aliphatic carbocycles. The average Bonchev–Trinajstić information content (AvgIpc) is 3.28. The van der Waals surface area contributed by atoms with Crippen molar-refractivity contribution in [2.45, 2.75) is 264 Å². The third-order valence-electron chi connectivity index (χ3n) is 11.3. The molecule has 0 fully saturated rings. The second kappa shape index (κ2) is 47.5. The number of hydrogen-bond donors (Lipinski definition) is 2. The minimum atomic E-state index is -4.73. The van der Waals surface area contributed by atoms with E-state index in [-0.39, 0.29) is 25.9 Å². The molecule has 11 nitrogen and oxygen atoms in total. The highest BCUT2D eigenvalue weighted by Crippen LogP contribution is 2.43. The van der Waals surface area contributed by atoms with Crippen LogP contribution in [-0.2, 0) is 42.2 Å². The largest absolute Gasteiger partial charge is 0.472 e. The van der Waals surface area contributed by atoms with Crippen molar-refractivity contribution < 1.29 is 52.2 Å². The molecule has 0 saturated heterocycles. The Kier molecular flexibility index (Phi) is 45.9. The number of aliphatic hydroxyl groups excluding tert-OH is 1. The Hall–Kier alpha value is -2.04. The number of phosphoric acid groups is 1. The summed E-state index contributed by atoms with van der Waals surface area (Å²) in [5.74, 6) is -1.47. The van der Waals surface area contributed by atoms with Gasteiger partial charge in [-0.1, -0.05) is 186 Å². The molecule has 376 valence electrons. The molecule has 0 saturated carbocycles. The van der Waals surface area contributed by atoms with Gasteiger partial charge in [0, 0.05) is 19.3 Å². The van der Waals surface area contributed by atoms with Gasteiger partial charge in [0.05, 0.1) is 19.8 Å². The van der Waals surface area contributed by atoms with Gasteiger partial charge in [0.1, 0.15) is 12.7 Å². The van der Waals surface area contributed by atoms with E-state index >= 15 is 0 Å². The molecule has 0 spiro atoms. The molecule has 0 heterocycles. The summed E-state index contributed by atoms with van der Waals surface area (Å²) in [6, 6.07) is 0. The zero-order valence-electron chi connectivity index (χ0n) is 41.3. The summed E-state index contributed by atoms with van der Waals surface area (Å²) in [5.41, 5.74) is 0. The molecule has 3 unspecified atom stereocenters. The van der Waals surface area contributed by atoms with Gasteiger partial charge in [0.2, 0.25) is 0 Å².